The van der Waals surface area contributed by atoms with Crippen LogP contribution in [0.1, 0.15) is 13.3 Å². The number of carbonyl (C=O) groups excluding carboxylic acids is 1. The second kappa shape index (κ2) is 6.09. The molecule has 1 rings (SSSR count). The molecule has 0 aromatic heterocycles. The van der Waals surface area contributed by atoms with Gasteiger partial charge in [-0.15, -0.1) is 0 Å². The van der Waals surface area contributed by atoms with E-state index in [1.807, 2.05) is 6.92 Å². The summed E-state index contributed by atoms with van der Waals surface area (Å²) in [5.41, 5.74) is 6.04. The van der Waals surface area contributed by atoms with Gasteiger partial charge in [0.05, 0.1) is 0 Å². The van der Waals surface area contributed by atoms with Crippen LogP contribution in [0, 0.1) is 5.92 Å². The quantitative estimate of drug-likeness (QED) is 0.875. The topological polar surface area (TPSA) is 55.1 Å². The molecule has 1 aromatic carbocycles. The van der Waals surface area contributed by atoms with E-state index in [-0.39, 0.29) is 11.8 Å². The van der Waals surface area contributed by atoms with Crippen molar-refractivity contribution in [2.24, 2.45) is 11.7 Å². The highest BCUT2D eigenvalue weighted by Crippen LogP contribution is 2.22. The molecule has 1 atom stereocenters. The van der Waals surface area contributed by atoms with Crippen molar-refractivity contribution in [2.75, 3.05) is 11.9 Å². The van der Waals surface area contributed by atoms with Crippen LogP contribution in [-0.2, 0) is 4.79 Å². The Kier molecular flexibility index (Phi) is 5.06. The van der Waals surface area contributed by atoms with Crippen molar-refractivity contribution in [2.45, 2.75) is 13.3 Å². The van der Waals surface area contributed by atoms with E-state index in [0.29, 0.717) is 28.7 Å². The van der Waals surface area contributed by atoms with Gasteiger partial charge in [0, 0.05) is 22.2 Å². The lowest BCUT2D eigenvalue weighted by molar-refractivity contribution is -0.116. The molecular formula is C11H14Cl2N2O. The normalized spacial score (nSPS) is 12.2. The van der Waals surface area contributed by atoms with Crippen LogP contribution in [0.4, 0.5) is 5.69 Å². The molecule has 88 valence electrons. The molecule has 16 heavy (non-hydrogen) atoms. The number of hydrogen-bond donors (Lipinski definition) is 2. The molecule has 0 heterocycles. The molecule has 0 fully saturated rings. The Morgan fingerprint density at radius 1 is 1.38 bits per heavy atom. The minimum Gasteiger partial charge on any atom is -0.330 e. The minimum absolute atomic E-state index is 0.0868. The summed E-state index contributed by atoms with van der Waals surface area (Å²) < 4.78 is 0. The lowest BCUT2D eigenvalue weighted by Crippen LogP contribution is -2.20. The summed E-state index contributed by atoms with van der Waals surface area (Å²) in [7, 11) is 0. The fourth-order valence-electron chi connectivity index (χ4n) is 1.24. The summed E-state index contributed by atoms with van der Waals surface area (Å²) in [6.45, 7) is 2.41. The minimum atomic E-state index is -0.0868. The molecule has 3 nitrogen and oxygen atoms in total. The van der Waals surface area contributed by atoms with Crippen molar-refractivity contribution >= 4 is 34.8 Å². The fourth-order valence-corrected chi connectivity index (χ4v) is 1.76. The Hall–Kier alpha value is -0.770. The van der Waals surface area contributed by atoms with Gasteiger partial charge in [-0.05, 0) is 30.7 Å². The first-order valence-corrected chi connectivity index (χ1v) is 5.73. The Morgan fingerprint density at radius 2 is 1.94 bits per heavy atom. The second-order valence-corrected chi connectivity index (χ2v) is 4.62. The molecular weight excluding hydrogens is 247 g/mol. The first-order chi connectivity index (χ1) is 7.51. The lowest BCUT2D eigenvalue weighted by Gasteiger charge is -2.09. The number of nitrogens with two attached hydrogens (primary N) is 1. The average molecular weight is 261 g/mol. The average Bonchev–Trinajstić information content (AvgIpc) is 2.15. The molecule has 0 aliphatic heterocycles. The summed E-state index contributed by atoms with van der Waals surface area (Å²) in [5.74, 6) is 0.0749. The zero-order chi connectivity index (χ0) is 12.1. The van der Waals surface area contributed by atoms with Gasteiger partial charge in [-0.3, -0.25) is 4.79 Å². The molecule has 1 aromatic rings. The number of anilines is 1. The van der Waals surface area contributed by atoms with Crippen LogP contribution in [0.2, 0.25) is 10.0 Å². The van der Waals surface area contributed by atoms with E-state index in [0.717, 1.165) is 0 Å². The van der Waals surface area contributed by atoms with E-state index in [2.05, 4.69) is 5.32 Å². The van der Waals surface area contributed by atoms with E-state index >= 15 is 0 Å². The van der Waals surface area contributed by atoms with Crippen LogP contribution in [0.5, 0.6) is 0 Å². The van der Waals surface area contributed by atoms with Crippen molar-refractivity contribution in [3.8, 4) is 0 Å². The highest BCUT2D eigenvalue weighted by Gasteiger charge is 2.08. The van der Waals surface area contributed by atoms with E-state index < -0.39 is 0 Å². The van der Waals surface area contributed by atoms with Gasteiger partial charge in [-0.2, -0.15) is 0 Å². The Balaban J connectivity index is 2.62. The number of carbonyl (C=O) groups is 1. The molecule has 5 heteroatoms. The van der Waals surface area contributed by atoms with Gasteiger partial charge in [0.15, 0.2) is 0 Å². The van der Waals surface area contributed by atoms with Crippen LogP contribution >= 0.6 is 23.2 Å². The number of rotatable bonds is 4. The number of halogens is 2. The molecule has 1 amide bonds. The van der Waals surface area contributed by atoms with E-state index in [9.17, 15) is 4.79 Å². The van der Waals surface area contributed by atoms with Gasteiger partial charge in [0.25, 0.3) is 0 Å². The predicted octanol–water partition coefficient (Wildman–Crippen LogP) is 2.92. The van der Waals surface area contributed by atoms with Crippen molar-refractivity contribution in [1.29, 1.82) is 0 Å². The van der Waals surface area contributed by atoms with Gasteiger partial charge in [-0.1, -0.05) is 30.1 Å². The van der Waals surface area contributed by atoms with Gasteiger partial charge in [-0.25, -0.2) is 0 Å². The summed E-state index contributed by atoms with van der Waals surface area (Å²) in [6, 6.07) is 4.91. The number of hydrogen-bond acceptors (Lipinski definition) is 2. The van der Waals surface area contributed by atoms with Gasteiger partial charge in [0.2, 0.25) is 5.91 Å². The van der Waals surface area contributed by atoms with Crippen LogP contribution in [0.3, 0.4) is 0 Å². The molecule has 0 aliphatic carbocycles. The zero-order valence-corrected chi connectivity index (χ0v) is 10.5. The Morgan fingerprint density at radius 3 is 2.44 bits per heavy atom. The summed E-state index contributed by atoms with van der Waals surface area (Å²) >= 11 is 11.6. The maximum Gasteiger partial charge on any atom is 0.224 e. The first-order valence-electron chi connectivity index (χ1n) is 4.97. The van der Waals surface area contributed by atoms with Crippen LogP contribution < -0.4 is 11.1 Å². The highest BCUT2D eigenvalue weighted by atomic mass is 35.5. The molecule has 3 N–H and O–H groups in total. The van der Waals surface area contributed by atoms with Crippen molar-refractivity contribution < 1.29 is 4.79 Å². The summed E-state index contributed by atoms with van der Waals surface area (Å²) in [4.78, 5) is 11.6. The number of benzene rings is 1. The van der Waals surface area contributed by atoms with E-state index in [4.69, 9.17) is 28.9 Å². The molecule has 0 aliphatic rings. The molecule has 0 saturated heterocycles. The summed E-state index contributed by atoms with van der Waals surface area (Å²) in [6.07, 6.45) is 0.390. The van der Waals surface area contributed by atoms with E-state index in [1.54, 1.807) is 18.2 Å². The zero-order valence-electron chi connectivity index (χ0n) is 8.97. The van der Waals surface area contributed by atoms with Crippen molar-refractivity contribution in [1.82, 2.24) is 0 Å². The lowest BCUT2D eigenvalue weighted by atomic mass is 10.1. The van der Waals surface area contributed by atoms with Gasteiger partial charge >= 0.3 is 0 Å². The highest BCUT2D eigenvalue weighted by molar-refractivity contribution is 6.35. The molecule has 1 unspecified atom stereocenters. The van der Waals surface area contributed by atoms with E-state index in [1.165, 1.54) is 0 Å². The number of nitrogens with one attached hydrogen (secondary N) is 1. The molecule has 0 saturated carbocycles. The van der Waals surface area contributed by atoms with Crippen LogP contribution in [0.15, 0.2) is 18.2 Å². The van der Waals surface area contributed by atoms with Crippen LogP contribution in [-0.4, -0.2) is 12.5 Å². The third-order valence-corrected chi connectivity index (χ3v) is 2.52. The van der Waals surface area contributed by atoms with Crippen molar-refractivity contribution in [3.63, 3.8) is 0 Å². The van der Waals surface area contributed by atoms with Crippen molar-refractivity contribution in [3.05, 3.63) is 28.2 Å². The largest absolute Gasteiger partial charge is 0.330 e. The predicted molar refractivity (Wildman–Crippen MR) is 67.9 cm³/mol. The molecule has 0 spiro atoms. The third kappa shape index (κ3) is 4.39. The fraction of sp³-hybridized carbons (Fsp3) is 0.364. The first kappa shape index (κ1) is 13.3. The second-order valence-electron chi connectivity index (χ2n) is 3.75. The monoisotopic (exact) mass is 260 g/mol. The number of amides is 1. The molecule has 0 bridgehead atoms. The maximum atomic E-state index is 11.6. The molecule has 0 radical (unpaired) electrons. The maximum absolute atomic E-state index is 11.6. The van der Waals surface area contributed by atoms with Crippen LogP contribution in [0.25, 0.3) is 0 Å². The summed E-state index contributed by atoms with van der Waals surface area (Å²) in [5, 5.41) is 3.72. The third-order valence-electron chi connectivity index (χ3n) is 2.08. The van der Waals surface area contributed by atoms with Gasteiger partial charge in [0.1, 0.15) is 0 Å². The smallest absolute Gasteiger partial charge is 0.224 e. The Labute approximate surface area is 105 Å². The Bertz CT molecular complexity index is 362. The van der Waals surface area contributed by atoms with Gasteiger partial charge < -0.3 is 11.1 Å². The SMILES string of the molecule is CC(CN)CC(=O)Nc1cc(Cl)cc(Cl)c1. The standard InChI is InChI=1S/C11H14Cl2N2O/c1-7(6-14)2-11(16)15-10-4-8(12)3-9(13)5-10/h3-5,7H,2,6,14H2,1H3,(H,15,16).